The Morgan fingerprint density at radius 3 is 2.52 bits per heavy atom. The minimum atomic E-state index is 0. The SMILES string of the molecule is Cl.Cl.NCc1ncc2c(n1)C(C1(c3ccc(Cl)cc3)CCC1)NCC2. The molecule has 1 aliphatic heterocycles. The van der Waals surface area contributed by atoms with Gasteiger partial charge in [-0.25, -0.2) is 9.97 Å². The number of hydrogen-bond donors (Lipinski definition) is 2. The summed E-state index contributed by atoms with van der Waals surface area (Å²) in [6.45, 7) is 1.35. The van der Waals surface area contributed by atoms with Gasteiger partial charge in [0.1, 0.15) is 5.82 Å². The van der Waals surface area contributed by atoms with Crippen LogP contribution in [0.5, 0.6) is 0 Å². The second-order valence-electron chi connectivity index (χ2n) is 6.55. The predicted octanol–water partition coefficient (Wildman–Crippen LogP) is 3.74. The van der Waals surface area contributed by atoms with E-state index in [0.717, 1.165) is 29.5 Å². The van der Waals surface area contributed by atoms with Crippen LogP contribution in [-0.4, -0.2) is 16.5 Å². The van der Waals surface area contributed by atoms with E-state index < -0.39 is 0 Å². The molecule has 25 heavy (non-hydrogen) atoms. The minimum Gasteiger partial charge on any atom is -0.324 e. The number of nitrogens with two attached hydrogens (primary N) is 1. The lowest BCUT2D eigenvalue weighted by molar-refractivity contribution is 0.161. The van der Waals surface area contributed by atoms with E-state index in [1.807, 2.05) is 18.3 Å². The van der Waals surface area contributed by atoms with E-state index in [-0.39, 0.29) is 36.3 Å². The van der Waals surface area contributed by atoms with Gasteiger partial charge in [0.2, 0.25) is 0 Å². The maximum atomic E-state index is 6.08. The van der Waals surface area contributed by atoms with Crippen LogP contribution < -0.4 is 11.1 Å². The summed E-state index contributed by atoms with van der Waals surface area (Å²) >= 11 is 6.08. The molecule has 0 radical (unpaired) electrons. The third kappa shape index (κ3) is 3.51. The standard InChI is InChI=1S/C18H21ClN4.2ClH/c19-14-4-2-13(3-5-14)18(7-1-8-18)17-16-12(6-9-21-17)11-22-15(10-20)23-16;;/h2-5,11,17,21H,1,6-10,20H2;2*1H. The van der Waals surface area contributed by atoms with Gasteiger partial charge < -0.3 is 11.1 Å². The molecule has 0 amide bonds. The summed E-state index contributed by atoms with van der Waals surface area (Å²) in [4.78, 5) is 9.15. The fourth-order valence-electron chi connectivity index (χ4n) is 3.99. The van der Waals surface area contributed by atoms with Gasteiger partial charge in [0, 0.05) is 16.6 Å². The van der Waals surface area contributed by atoms with Crippen LogP contribution in [0.2, 0.25) is 5.02 Å². The summed E-state index contributed by atoms with van der Waals surface area (Å²) in [6.07, 6.45) is 6.55. The molecule has 1 aliphatic carbocycles. The Kier molecular flexibility index (Phi) is 6.68. The molecule has 1 fully saturated rings. The summed E-state index contributed by atoms with van der Waals surface area (Å²) in [7, 11) is 0. The topological polar surface area (TPSA) is 63.8 Å². The minimum absolute atomic E-state index is 0. The Balaban J connectivity index is 0.00000113. The lowest BCUT2D eigenvalue weighted by Crippen LogP contribution is -2.49. The molecule has 3 N–H and O–H groups in total. The largest absolute Gasteiger partial charge is 0.324 e. The Morgan fingerprint density at radius 2 is 1.92 bits per heavy atom. The van der Waals surface area contributed by atoms with Crippen LogP contribution in [-0.2, 0) is 18.4 Å². The average molecular weight is 402 g/mol. The number of aromatic nitrogens is 2. The molecular formula is C18H23Cl3N4. The van der Waals surface area contributed by atoms with Crippen molar-refractivity contribution in [3.05, 3.63) is 58.1 Å². The number of nitrogens with zero attached hydrogens (tertiary/aromatic N) is 2. The summed E-state index contributed by atoms with van der Waals surface area (Å²) in [5.41, 5.74) is 9.61. The van der Waals surface area contributed by atoms with Gasteiger partial charge in [-0.2, -0.15) is 0 Å². The van der Waals surface area contributed by atoms with Gasteiger partial charge in [-0.1, -0.05) is 30.2 Å². The first-order chi connectivity index (χ1) is 11.2. The van der Waals surface area contributed by atoms with Crippen LogP contribution in [0.4, 0.5) is 0 Å². The highest BCUT2D eigenvalue weighted by molar-refractivity contribution is 6.30. The van der Waals surface area contributed by atoms with Gasteiger partial charge in [0.15, 0.2) is 0 Å². The van der Waals surface area contributed by atoms with Crippen molar-refractivity contribution >= 4 is 36.4 Å². The highest BCUT2D eigenvalue weighted by Gasteiger charge is 2.48. The first-order valence-electron chi connectivity index (χ1n) is 8.27. The average Bonchev–Trinajstić information content (AvgIpc) is 2.55. The third-order valence-electron chi connectivity index (χ3n) is 5.36. The van der Waals surface area contributed by atoms with Crippen molar-refractivity contribution in [2.75, 3.05) is 6.54 Å². The number of hydrogen-bond acceptors (Lipinski definition) is 4. The summed E-state index contributed by atoms with van der Waals surface area (Å²) in [6, 6.07) is 8.55. The molecule has 1 saturated carbocycles. The van der Waals surface area contributed by atoms with Crippen molar-refractivity contribution in [2.24, 2.45) is 5.73 Å². The molecule has 1 aromatic heterocycles. The normalized spacial score (nSPS) is 20.5. The van der Waals surface area contributed by atoms with Crippen molar-refractivity contribution in [1.82, 2.24) is 15.3 Å². The van der Waals surface area contributed by atoms with Gasteiger partial charge in [-0.3, -0.25) is 0 Å². The van der Waals surface area contributed by atoms with Crippen LogP contribution in [0.1, 0.15) is 47.9 Å². The van der Waals surface area contributed by atoms with E-state index >= 15 is 0 Å². The molecule has 2 aromatic rings. The van der Waals surface area contributed by atoms with Crippen LogP contribution in [0.15, 0.2) is 30.5 Å². The number of nitrogens with one attached hydrogen (secondary N) is 1. The van der Waals surface area contributed by atoms with E-state index in [1.54, 1.807) is 0 Å². The smallest absolute Gasteiger partial charge is 0.142 e. The van der Waals surface area contributed by atoms with Gasteiger partial charge in [-0.15, -0.1) is 24.8 Å². The van der Waals surface area contributed by atoms with E-state index in [9.17, 15) is 0 Å². The second-order valence-corrected chi connectivity index (χ2v) is 6.99. The third-order valence-corrected chi connectivity index (χ3v) is 5.62. The van der Waals surface area contributed by atoms with Crippen molar-refractivity contribution in [2.45, 2.75) is 43.7 Å². The molecule has 136 valence electrons. The Bertz CT molecular complexity index is 717. The Labute approximate surface area is 165 Å². The zero-order chi connectivity index (χ0) is 15.9. The molecule has 0 spiro atoms. The molecule has 2 heterocycles. The molecule has 2 aliphatic rings. The molecule has 0 bridgehead atoms. The molecule has 4 rings (SSSR count). The first-order valence-corrected chi connectivity index (χ1v) is 8.65. The summed E-state index contributed by atoms with van der Waals surface area (Å²) < 4.78 is 0. The van der Waals surface area contributed by atoms with Crippen LogP contribution >= 0.6 is 36.4 Å². The summed E-state index contributed by atoms with van der Waals surface area (Å²) in [5, 5.41) is 4.50. The van der Waals surface area contributed by atoms with Crippen LogP contribution in [0.25, 0.3) is 0 Å². The maximum Gasteiger partial charge on any atom is 0.142 e. The number of benzene rings is 1. The monoisotopic (exact) mass is 400 g/mol. The molecule has 1 unspecified atom stereocenters. The van der Waals surface area contributed by atoms with Gasteiger partial charge in [0.05, 0.1) is 18.3 Å². The predicted molar refractivity (Wildman–Crippen MR) is 106 cm³/mol. The quantitative estimate of drug-likeness (QED) is 0.822. The molecular weight excluding hydrogens is 379 g/mol. The number of rotatable bonds is 3. The van der Waals surface area contributed by atoms with E-state index in [0.29, 0.717) is 6.54 Å². The zero-order valence-corrected chi connectivity index (χ0v) is 16.3. The molecule has 1 atom stereocenters. The lowest BCUT2D eigenvalue weighted by atomic mass is 9.58. The van der Waals surface area contributed by atoms with Crippen molar-refractivity contribution < 1.29 is 0 Å². The Morgan fingerprint density at radius 1 is 1.20 bits per heavy atom. The highest BCUT2D eigenvalue weighted by Crippen LogP contribution is 2.53. The van der Waals surface area contributed by atoms with Crippen molar-refractivity contribution in [3.8, 4) is 0 Å². The fourth-order valence-corrected chi connectivity index (χ4v) is 4.11. The molecule has 0 saturated heterocycles. The maximum absolute atomic E-state index is 6.08. The van der Waals surface area contributed by atoms with Crippen molar-refractivity contribution in [3.63, 3.8) is 0 Å². The molecule has 4 nitrogen and oxygen atoms in total. The van der Waals surface area contributed by atoms with E-state index in [4.69, 9.17) is 22.3 Å². The van der Waals surface area contributed by atoms with Crippen LogP contribution in [0.3, 0.4) is 0 Å². The summed E-state index contributed by atoms with van der Waals surface area (Å²) in [5.74, 6) is 0.725. The Hall–Kier alpha value is -0.910. The molecule has 1 aromatic carbocycles. The first kappa shape index (κ1) is 20.4. The highest BCUT2D eigenvalue weighted by atomic mass is 35.5. The number of fused-ring (bicyclic) bond motifs is 1. The van der Waals surface area contributed by atoms with Gasteiger partial charge >= 0.3 is 0 Å². The van der Waals surface area contributed by atoms with Crippen LogP contribution in [0, 0.1) is 0 Å². The molecule has 7 heteroatoms. The van der Waals surface area contributed by atoms with E-state index in [1.165, 1.54) is 30.4 Å². The van der Waals surface area contributed by atoms with Gasteiger partial charge in [0.25, 0.3) is 0 Å². The lowest BCUT2D eigenvalue weighted by Gasteiger charge is -2.50. The van der Waals surface area contributed by atoms with Gasteiger partial charge in [-0.05, 0) is 49.1 Å². The number of halogens is 3. The zero-order valence-electron chi connectivity index (χ0n) is 13.9. The van der Waals surface area contributed by atoms with Crippen molar-refractivity contribution in [1.29, 1.82) is 0 Å². The van der Waals surface area contributed by atoms with E-state index in [2.05, 4.69) is 22.4 Å². The second kappa shape index (κ2) is 8.19. The fraction of sp³-hybridized carbons (Fsp3) is 0.444.